The first-order valence-electron chi connectivity index (χ1n) is 9.32. The molecule has 0 radical (unpaired) electrons. The Balaban J connectivity index is 1.65. The number of benzene rings is 2. The Morgan fingerprint density at radius 3 is 2.21 bits per heavy atom. The maximum Gasteiger partial charge on any atom is 0.251 e. The van der Waals surface area contributed by atoms with Gasteiger partial charge in [-0.2, -0.15) is 4.31 Å². The van der Waals surface area contributed by atoms with Crippen molar-refractivity contribution in [1.82, 2.24) is 14.6 Å². The third-order valence-corrected chi connectivity index (χ3v) is 6.45. The molecule has 150 valence electrons. The standard InChI is InChI=1S/C22H23N3O3S/c1-2-25(29(27,28)21-6-4-3-5-7-21)17-19-8-10-20(11-9-19)22(26)24-16-18-12-14-23-15-13-18/h3-15H,2,16-17H2,1H3,(H,24,26). The number of carbonyl (C=O) groups is 1. The Morgan fingerprint density at radius 1 is 0.931 bits per heavy atom. The first-order chi connectivity index (χ1) is 14.0. The second-order valence-corrected chi connectivity index (χ2v) is 8.42. The molecule has 0 aliphatic carbocycles. The summed E-state index contributed by atoms with van der Waals surface area (Å²) in [6, 6.07) is 19.1. The van der Waals surface area contributed by atoms with Crippen LogP contribution in [0.3, 0.4) is 0 Å². The lowest BCUT2D eigenvalue weighted by Crippen LogP contribution is -2.30. The van der Waals surface area contributed by atoms with E-state index in [9.17, 15) is 13.2 Å². The molecule has 0 spiro atoms. The number of rotatable bonds is 8. The number of carbonyl (C=O) groups excluding carboxylic acids is 1. The highest BCUT2D eigenvalue weighted by atomic mass is 32.2. The number of hydrogen-bond acceptors (Lipinski definition) is 4. The maximum atomic E-state index is 12.8. The third-order valence-electron chi connectivity index (χ3n) is 4.51. The van der Waals surface area contributed by atoms with Crippen molar-refractivity contribution in [3.63, 3.8) is 0 Å². The molecule has 3 aromatic rings. The highest BCUT2D eigenvalue weighted by molar-refractivity contribution is 7.89. The summed E-state index contributed by atoms with van der Waals surface area (Å²) in [5.74, 6) is -0.183. The summed E-state index contributed by atoms with van der Waals surface area (Å²) < 4.78 is 27.1. The zero-order valence-corrected chi connectivity index (χ0v) is 17.0. The van der Waals surface area contributed by atoms with E-state index in [0.29, 0.717) is 18.7 Å². The van der Waals surface area contributed by atoms with Crippen LogP contribution in [0.4, 0.5) is 0 Å². The van der Waals surface area contributed by atoms with E-state index in [1.807, 2.05) is 12.1 Å². The molecule has 29 heavy (non-hydrogen) atoms. The van der Waals surface area contributed by atoms with E-state index in [2.05, 4.69) is 10.3 Å². The van der Waals surface area contributed by atoms with Gasteiger partial charge in [0.05, 0.1) is 4.90 Å². The minimum absolute atomic E-state index is 0.183. The summed E-state index contributed by atoms with van der Waals surface area (Å²) in [5, 5.41) is 2.86. The van der Waals surface area contributed by atoms with Crippen molar-refractivity contribution in [2.24, 2.45) is 0 Å². The van der Waals surface area contributed by atoms with Gasteiger partial charge in [-0.3, -0.25) is 9.78 Å². The molecule has 0 fully saturated rings. The van der Waals surface area contributed by atoms with Crippen molar-refractivity contribution in [2.75, 3.05) is 6.54 Å². The number of hydrogen-bond donors (Lipinski definition) is 1. The SMILES string of the molecule is CCN(Cc1ccc(C(=O)NCc2ccncc2)cc1)S(=O)(=O)c1ccccc1. The van der Waals surface area contributed by atoms with E-state index in [4.69, 9.17) is 0 Å². The molecule has 1 amide bonds. The molecule has 7 heteroatoms. The predicted octanol–water partition coefficient (Wildman–Crippen LogP) is 3.22. The molecular weight excluding hydrogens is 386 g/mol. The second kappa shape index (κ2) is 9.45. The Morgan fingerprint density at radius 2 is 1.59 bits per heavy atom. The third kappa shape index (κ3) is 5.28. The fourth-order valence-electron chi connectivity index (χ4n) is 2.86. The average molecular weight is 410 g/mol. The van der Waals surface area contributed by atoms with Crippen LogP contribution in [0.15, 0.2) is 84.0 Å². The highest BCUT2D eigenvalue weighted by Crippen LogP contribution is 2.18. The normalized spacial score (nSPS) is 11.4. The van der Waals surface area contributed by atoms with Crippen LogP contribution in [-0.2, 0) is 23.1 Å². The van der Waals surface area contributed by atoms with E-state index < -0.39 is 10.0 Å². The van der Waals surface area contributed by atoms with Crippen LogP contribution in [0, 0.1) is 0 Å². The minimum Gasteiger partial charge on any atom is -0.348 e. The zero-order chi connectivity index (χ0) is 20.7. The summed E-state index contributed by atoms with van der Waals surface area (Å²) >= 11 is 0. The van der Waals surface area contributed by atoms with Crippen LogP contribution in [0.2, 0.25) is 0 Å². The van der Waals surface area contributed by atoms with Crippen molar-refractivity contribution in [3.05, 3.63) is 95.8 Å². The Kier molecular flexibility index (Phi) is 6.74. The van der Waals surface area contributed by atoms with Crippen molar-refractivity contribution in [3.8, 4) is 0 Å². The molecule has 0 saturated carbocycles. The molecule has 0 saturated heterocycles. The summed E-state index contributed by atoms with van der Waals surface area (Å²) in [6.07, 6.45) is 3.36. The van der Waals surface area contributed by atoms with Crippen molar-refractivity contribution >= 4 is 15.9 Å². The van der Waals surface area contributed by atoms with Gasteiger partial charge >= 0.3 is 0 Å². The lowest BCUT2D eigenvalue weighted by atomic mass is 10.1. The highest BCUT2D eigenvalue weighted by Gasteiger charge is 2.22. The van der Waals surface area contributed by atoms with Gasteiger partial charge in [-0.15, -0.1) is 0 Å². The number of nitrogens with zero attached hydrogens (tertiary/aromatic N) is 2. The zero-order valence-electron chi connectivity index (χ0n) is 16.2. The van der Waals surface area contributed by atoms with E-state index in [1.165, 1.54) is 4.31 Å². The van der Waals surface area contributed by atoms with Gasteiger partial charge < -0.3 is 5.32 Å². The molecule has 0 aliphatic heterocycles. The molecule has 6 nitrogen and oxygen atoms in total. The predicted molar refractivity (Wildman–Crippen MR) is 112 cm³/mol. The second-order valence-electron chi connectivity index (χ2n) is 6.48. The van der Waals surface area contributed by atoms with Crippen LogP contribution in [0.5, 0.6) is 0 Å². The van der Waals surface area contributed by atoms with Crippen LogP contribution in [0.25, 0.3) is 0 Å². The van der Waals surface area contributed by atoms with Crippen LogP contribution in [-0.4, -0.2) is 30.2 Å². The van der Waals surface area contributed by atoms with Gasteiger partial charge in [-0.05, 0) is 47.5 Å². The Labute approximate surface area is 171 Å². The van der Waals surface area contributed by atoms with Gasteiger partial charge in [0, 0.05) is 37.6 Å². The van der Waals surface area contributed by atoms with Gasteiger partial charge in [0.15, 0.2) is 0 Å². The molecule has 0 aliphatic rings. The van der Waals surface area contributed by atoms with Crippen molar-refractivity contribution in [2.45, 2.75) is 24.9 Å². The Hall–Kier alpha value is -3.03. The number of sulfonamides is 1. The molecule has 1 N–H and O–H groups in total. The maximum absolute atomic E-state index is 12.8. The van der Waals surface area contributed by atoms with Crippen LogP contribution >= 0.6 is 0 Å². The summed E-state index contributed by atoms with van der Waals surface area (Å²) in [7, 11) is -3.57. The quantitative estimate of drug-likeness (QED) is 0.620. The van der Waals surface area contributed by atoms with Gasteiger partial charge in [-0.25, -0.2) is 8.42 Å². The molecule has 0 atom stereocenters. The fraction of sp³-hybridized carbons (Fsp3) is 0.182. The van der Waals surface area contributed by atoms with E-state index in [1.54, 1.807) is 73.9 Å². The Bertz CT molecular complexity index is 1040. The first kappa shape index (κ1) is 20.7. The molecular formula is C22H23N3O3S. The lowest BCUT2D eigenvalue weighted by molar-refractivity contribution is 0.0951. The molecule has 2 aromatic carbocycles. The summed E-state index contributed by atoms with van der Waals surface area (Å²) in [6.45, 7) is 2.82. The minimum atomic E-state index is -3.57. The van der Waals surface area contributed by atoms with E-state index in [0.717, 1.165) is 11.1 Å². The first-order valence-corrected chi connectivity index (χ1v) is 10.8. The monoisotopic (exact) mass is 409 g/mol. The number of aromatic nitrogens is 1. The molecule has 1 heterocycles. The fourth-order valence-corrected chi connectivity index (χ4v) is 4.32. The number of amides is 1. The average Bonchev–Trinajstić information content (AvgIpc) is 2.77. The summed E-state index contributed by atoms with van der Waals surface area (Å²) in [5.41, 5.74) is 2.31. The molecule has 0 unspecified atom stereocenters. The van der Waals surface area contributed by atoms with Gasteiger partial charge in [0.25, 0.3) is 5.91 Å². The van der Waals surface area contributed by atoms with E-state index >= 15 is 0 Å². The number of pyridine rings is 1. The summed E-state index contributed by atoms with van der Waals surface area (Å²) in [4.78, 5) is 16.5. The molecule has 0 bridgehead atoms. The smallest absolute Gasteiger partial charge is 0.251 e. The molecule has 3 rings (SSSR count). The van der Waals surface area contributed by atoms with Crippen molar-refractivity contribution in [1.29, 1.82) is 0 Å². The van der Waals surface area contributed by atoms with Gasteiger partial charge in [0.1, 0.15) is 0 Å². The molecule has 1 aromatic heterocycles. The van der Waals surface area contributed by atoms with Crippen LogP contribution < -0.4 is 5.32 Å². The topological polar surface area (TPSA) is 79.4 Å². The van der Waals surface area contributed by atoms with E-state index in [-0.39, 0.29) is 17.3 Å². The largest absolute Gasteiger partial charge is 0.348 e. The number of nitrogens with one attached hydrogen (secondary N) is 1. The van der Waals surface area contributed by atoms with Crippen molar-refractivity contribution < 1.29 is 13.2 Å². The lowest BCUT2D eigenvalue weighted by Gasteiger charge is -2.20. The van der Waals surface area contributed by atoms with Gasteiger partial charge in [-0.1, -0.05) is 37.3 Å². The van der Waals surface area contributed by atoms with Crippen LogP contribution in [0.1, 0.15) is 28.4 Å². The van der Waals surface area contributed by atoms with Gasteiger partial charge in [0.2, 0.25) is 10.0 Å².